The monoisotopic (exact) mass is 301 g/mol. The van der Waals surface area contributed by atoms with Crippen molar-refractivity contribution in [3.63, 3.8) is 0 Å². The molecule has 0 saturated heterocycles. The number of guanidine groups is 1. The van der Waals surface area contributed by atoms with E-state index in [-0.39, 0.29) is 0 Å². The van der Waals surface area contributed by atoms with Gasteiger partial charge in [-0.15, -0.1) is 0 Å². The zero-order valence-electron chi connectivity index (χ0n) is 13.1. The summed E-state index contributed by atoms with van der Waals surface area (Å²) in [4.78, 5) is 11.9. The highest BCUT2D eigenvalue weighted by molar-refractivity contribution is 5.79. The molecule has 1 heterocycles. The Labute approximate surface area is 131 Å². The molecule has 0 amide bonds. The van der Waals surface area contributed by atoms with Crippen molar-refractivity contribution in [3.05, 3.63) is 42.4 Å². The van der Waals surface area contributed by atoms with Gasteiger partial charge in [-0.3, -0.25) is 4.99 Å². The van der Waals surface area contributed by atoms with Gasteiger partial charge in [-0.25, -0.2) is 4.98 Å². The average molecular weight is 301 g/mol. The number of nitrogens with zero attached hydrogens (tertiary/aromatic N) is 2. The molecule has 118 valence electrons. The Balaban J connectivity index is 1.82. The third-order valence-electron chi connectivity index (χ3n) is 3.10. The molecule has 0 bridgehead atoms. The van der Waals surface area contributed by atoms with Crippen LogP contribution in [0.3, 0.4) is 0 Å². The van der Waals surface area contributed by atoms with E-state index in [2.05, 4.69) is 37.7 Å². The maximum Gasteiger partial charge on any atom is 0.191 e. The number of hydrogen-bond donors (Lipinski definition) is 3. The third-order valence-corrected chi connectivity index (χ3v) is 3.10. The van der Waals surface area contributed by atoms with Gasteiger partial charge in [0.25, 0.3) is 0 Å². The van der Waals surface area contributed by atoms with Gasteiger partial charge >= 0.3 is 0 Å². The Morgan fingerprint density at radius 3 is 2.82 bits per heavy atom. The lowest BCUT2D eigenvalue weighted by Gasteiger charge is -2.10. The number of H-pyrrole nitrogens is 1. The molecule has 0 aliphatic rings. The van der Waals surface area contributed by atoms with Crippen molar-refractivity contribution in [1.29, 1.82) is 0 Å². The van der Waals surface area contributed by atoms with Crippen molar-refractivity contribution in [2.24, 2.45) is 4.99 Å². The minimum atomic E-state index is 0.584. The summed E-state index contributed by atoms with van der Waals surface area (Å²) in [6.07, 6.45) is 1.84. The van der Waals surface area contributed by atoms with Crippen LogP contribution in [0.15, 0.2) is 41.5 Å². The molecule has 0 spiro atoms. The first kappa shape index (κ1) is 16.0. The minimum absolute atomic E-state index is 0.584. The summed E-state index contributed by atoms with van der Waals surface area (Å²) in [5.74, 6) is 1.60. The summed E-state index contributed by atoms with van der Waals surface area (Å²) >= 11 is 0. The Bertz CT molecular complexity index is 579. The molecule has 0 aliphatic heterocycles. The molecule has 0 aliphatic carbocycles. The van der Waals surface area contributed by atoms with E-state index in [1.165, 1.54) is 0 Å². The van der Waals surface area contributed by atoms with Crippen LogP contribution in [0, 0.1) is 0 Å². The van der Waals surface area contributed by atoms with Gasteiger partial charge in [0.2, 0.25) is 0 Å². The fourth-order valence-corrected chi connectivity index (χ4v) is 1.99. The quantitative estimate of drug-likeness (QED) is 0.414. The number of benzene rings is 1. The molecule has 6 nitrogen and oxygen atoms in total. The van der Waals surface area contributed by atoms with Gasteiger partial charge < -0.3 is 20.4 Å². The second-order valence-corrected chi connectivity index (χ2v) is 4.66. The van der Waals surface area contributed by atoms with Gasteiger partial charge in [0.05, 0.1) is 25.0 Å². The highest BCUT2D eigenvalue weighted by atomic mass is 16.5. The highest BCUT2D eigenvalue weighted by Crippen LogP contribution is 2.15. The summed E-state index contributed by atoms with van der Waals surface area (Å²) in [6, 6.07) is 10.1. The number of aliphatic imine (C=N–C) groups is 1. The van der Waals surface area contributed by atoms with Crippen LogP contribution in [-0.2, 0) is 11.3 Å². The zero-order valence-corrected chi connectivity index (χ0v) is 13.1. The van der Waals surface area contributed by atoms with Crippen molar-refractivity contribution >= 4 is 5.96 Å². The SMILES string of the molecule is CCOCCNC(=NC)NCc1ncc(-c2ccccc2)[nH]1. The van der Waals surface area contributed by atoms with Crippen LogP contribution in [0.4, 0.5) is 0 Å². The molecular formula is C16H23N5O. The summed E-state index contributed by atoms with van der Waals surface area (Å²) in [5.41, 5.74) is 2.14. The van der Waals surface area contributed by atoms with Crippen LogP contribution in [0.1, 0.15) is 12.7 Å². The standard InChI is InChI=1S/C16H23N5O/c1-3-22-10-9-18-16(17-2)20-12-15-19-11-14(21-15)13-7-5-4-6-8-13/h4-8,11H,3,9-10,12H2,1-2H3,(H,19,21)(H2,17,18,20). The van der Waals surface area contributed by atoms with Gasteiger partial charge in [-0.2, -0.15) is 0 Å². The molecule has 1 aromatic carbocycles. The lowest BCUT2D eigenvalue weighted by molar-refractivity contribution is 0.152. The van der Waals surface area contributed by atoms with Crippen molar-refractivity contribution in [2.75, 3.05) is 26.8 Å². The summed E-state index contributed by atoms with van der Waals surface area (Å²) in [7, 11) is 1.74. The van der Waals surface area contributed by atoms with E-state index in [1.54, 1.807) is 7.05 Å². The molecule has 0 radical (unpaired) electrons. The van der Waals surface area contributed by atoms with Crippen LogP contribution < -0.4 is 10.6 Å². The van der Waals surface area contributed by atoms with Crippen LogP contribution in [0.5, 0.6) is 0 Å². The molecule has 0 saturated carbocycles. The molecule has 3 N–H and O–H groups in total. The number of aromatic amines is 1. The number of nitrogens with one attached hydrogen (secondary N) is 3. The molecule has 22 heavy (non-hydrogen) atoms. The first-order valence-corrected chi connectivity index (χ1v) is 7.45. The maximum atomic E-state index is 5.28. The van der Waals surface area contributed by atoms with Crippen molar-refractivity contribution in [2.45, 2.75) is 13.5 Å². The topological polar surface area (TPSA) is 74.3 Å². The van der Waals surface area contributed by atoms with Crippen molar-refractivity contribution in [1.82, 2.24) is 20.6 Å². The molecule has 0 unspecified atom stereocenters. The lowest BCUT2D eigenvalue weighted by atomic mass is 10.2. The van der Waals surface area contributed by atoms with E-state index >= 15 is 0 Å². The van der Waals surface area contributed by atoms with Crippen LogP contribution in [0.25, 0.3) is 11.3 Å². The lowest BCUT2D eigenvalue weighted by Crippen LogP contribution is -2.38. The van der Waals surface area contributed by atoms with Crippen LogP contribution >= 0.6 is 0 Å². The Morgan fingerprint density at radius 1 is 1.27 bits per heavy atom. The molecule has 2 rings (SSSR count). The third kappa shape index (κ3) is 4.89. The number of imidazole rings is 1. The molecular weight excluding hydrogens is 278 g/mol. The predicted molar refractivity (Wildman–Crippen MR) is 88.7 cm³/mol. The molecule has 0 atom stereocenters. The van der Waals surface area contributed by atoms with Gasteiger partial charge in [-0.1, -0.05) is 30.3 Å². The van der Waals surface area contributed by atoms with E-state index < -0.39 is 0 Å². The second kappa shape index (κ2) is 8.84. The number of aromatic nitrogens is 2. The Hall–Kier alpha value is -2.34. The summed E-state index contributed by atoms with van der Waals surface area (Å²) in [6.45, 7) is 4.68. The fourth-order valence-electron chi connectivity index (χ4n) is 1.99. The maximum absolute atomic E-state index is 5.28. The van der Waals surface area contributed by atoms with E-state index in [0.717, 1.165) is 36.2 Å². The molecule has 6 heteroatoms. The van der Waals surface area contributed by atoms with Gasteiger partial charge in [0, 0.05) is 20.2 Å². The summed E-state index contributed by atoms with van der Waals surface area (Å²) in [5, 5.41) is 6.40. The van der Waals surface area contributed by atoms with Gasteiger partial charge in [-0.05, 0) is 12.5 Å². The molecule has 0 fully saturated rings. The van der Waals surface area contributed by atoms with Gasteiger partial charge in [0.15, 0.2) is 5.96 Å². The van der Waals surface area contributed by atoms with Gasteiger partial charge in [0.1, 0.15) is 5.82 Å². The molecule has 2 aromatic rings. The first-order valence-electron chi connectivity index (χ1n) is 7.45. The van der Waals surface area contributed by atoms with Crippen LogP contribution in [0.2, 0.25) is 0 Å². The highest BCUT2D eigenvalue weighted by Gasteiger charge is 2.04. The van der Waals surface area contributed by atoms with Crippen LogP contribution in [-0.4, -0.2) is 42.7 Å². The summed E-state index contributed by atoms with van der Waals surface area (Å²) < 4.78 is 5.28. The Morgan fingerprint density at radius 2 is 2.09 bits per heavy atom. The number of rotatable bonds is 7. The normalized spacial score (nSPS) is 11.5. The van der Waals surface area contributed by atoms with E-state index in [4.69, 9.17) is 4.74 Å². The van der Waals surface area contributed by atoms with E-state index in [0.29, 0.717) is 13.2 Å². The van der Waals surface area contributed by atoms with E-state index in [1.807, 2.05) is 31.3 Å². The Kier molecular flexibility index (Phi) is 6.44. The fraction of sp³-hybridized carbons (Fsp3) is 0.375. The number of ether oxygens (including phenoxy) is 1. The number of hydrogen-bond acceptors (Lipinski definition) is 3. The zero-order chi connectivity index (χ0) is 15.6. The second-order valence-electron chi connectivity index (χ2n) is 4.66. The predicted octanol–water partition coefficient (Wildman–Crippen LogP) is 1.78. The van der Waals surface area contributed by atoms with Crippen molar-refractivity contribution < 1.29 is 4.74 Å². The van der Waals surface area contributed by atoms with Crippen molar-refractivity contribution in [3.8, 4) is 11.3 Å². The minimum Gasteiger partial charge on any atom is -0.380 e. The molecule has 1 aromatic heterocycles. The smallest absolute Gasteiger partial charge is 0.191 e. The first-order chi connectivity index (χ1) is 10.8. The largest absolute Gasteiger partial charge is 0.380 e. The average Bonchev–Trinajstić information content (AvgIpc) is 3.04. The van der Waals surface area contributed by atoms with E-state index in [9.17, 15) is 0 Å².